The predicted molar refractivity (Wildman–Crippen MR) is 74.3 cm³/mol. The van der Waals surface area contributed by atoms with E-state index in [1.54, 1.807) is 0 Å². The van der Waals surface area contributed by atoms with E-state index in [9.17, 15) is 8.42 Å². The standard InChI is InChI=1S/C13H20N2O2S/c1-2-15(12-6-4-3-5-7-12)18(16,17)13-8-10-14-11-9-13/h3-7,13-14H,2,8-11H2,1H3. The first-order valence-electron chi connectivity index (χ1n) is 6.43. The summed E-state index contributed by atoms with van der Waals surface area (Å²) in [7, 11) is -3.23. The average molecular weight is 268 g/mol. The third kappa shape index (κ3) is 2.67. The van der Waals surface area contributed by atoms with Gasteiger partial charge >= 0.3 is 0 Å². The molecule has 0 unspecified atom stereocenters. The lowest BCUT2D eigenvalue weighted by molar-refractivity contribution is 0.494. The number of nitrogens with zero attached hydrogens (tertiary/aromatic N) is 1. The number of sulfonamides is 1. The van der Waals surface area contributed by atoms with Gasteiger partial charge in [0, 0.05) is 6.54 Å². The number of benzene rings is 1. The van der Waals surface area contributed by atoms with Crippen LogP contribution in [0.2, 0.25) is 0 Å². The topological polar surface area (TPSA) is 49.4 Å². The van der Waals surface area contributed by atoms with Gasteiger partial charge in [0.25, 0.3) is 0 Å². The Labute approximate surface area is 109 Å². The zero-order valence-electron chi connectivity index (χ0n) is 10.7. The van der Waals surface area contributed by atoms with E-state index < -0.39 is 10.0 Å². The highest BCUT2D eigenvalue weighted by Crippen LogP contribution is 2.23. The highest BCUT2D eigenvalue weighted by molar-refractivity contribution is 7.93. The minimum atomic E-state index is -3.23. The van der Waals surface area contributed by atoms with Gasteiger partial charge in [-0.25, -0.2) is 8.42 Å². The molecule has 0 radical (unpaired) electrons. The van der Waals surface area contributed by atoms with Crippen LogP contribution in [0.1, 0.15) is 19.8 Å². The molecule has 1 aliphatic rings. The minimum Gasteiger partial charge on any atom is -0.317 e. The van der Waals surface area contributed by atoms with Crippen molar-refractivity contribution in [2.75, 3.05) is 23.9 Å². The molecule has 0 amide bonds. The van der Waals surface area contributed by atoms with Crippen LogP contribution in [0.4, 0.5) is 5.69 Å². The van der Waals surface area contributed by atoms with Crippen LogP contribution in [0.25, 0.3) is 0 Å². The molecule has 4 nitrogen and oxygen atoms in total. The summed E-state index contributed by atoms with van der Waals surface area (Å²) in [6.07, 6.45) is 1.40. The molecular formula is C13H20N2O2S. The molecule has 0 aliphatic carbocycles. The number of hydrogen-bond acceptors (Lipinski definition) is 3. The van der Waals surface area contributed by atoms with Crippen molar-refractivity contribution in [1.29, 1.82) is 0 Å². The Morgan fingerprint density at radius 1 is 1.22 bits per heavy atom. The number of para-hydroxylation sites is 1. The van der Waals surface area contributed by atoms with Crippen molar-refractivity contribution in [3.63, 3.8) is 0 Å². The summed E-state index contributed by atoms with van der Waals surface area (Å²) in [6.45, 7) is 3.94. The molecule has 1 N–H and O–H groups in total. The summed E-state index contributed by atoms with van der Waals surface area (Å²) in [5.41, 5.74) is 0.763. The van der Waals surface area contributed by atoms with Crippen LogP contribution in [0.5, 0.6) is 0 Å². The molecule has 1 aliphatic heterocycles. The Morgan fingerprint density at radius 2 is 1.83 bits per heavy atom. The molecule has 0 atom stereocenters. The maximum absolute atomic E-state index is 12.6. The normalized spacial score (nSPS) is 17.6. The second kappa shape index (κ2) is 5.71. The molecule has 0 saturated carbocycles. The Morgan fingerprint density at radius 3 is 2.39 bits per heavy atom. The summed E-state index contributed by atoms with van der Waals surface area (Å²) in [5.74, 6) is 0. The summed E-state index contributed by atoms with van der Waals surface area (Å²) >= 11 is 0. The average Bonchev–Trinajstić information content (AvgIpc) is 2.41. The molecule has 1 aromatic rings. The summed E-state index contributed by atoms with van der Waals surface area (Å²) in [6, 6.07) is 9.34. The Hall–Kier alpha value is -1.07. The van der Waals surface area contributed by atoms with Gasteiger partial charge in [-0.1, -0.05) is 18.2 Å². The van der Waals surface area contributed by atoms with E-state index in [1.165, 1.54) is 4.31 Å². The first-order chi connectivity index (χ1) is 8.66. The molecule has 0 bridgehead atoms. The third-order valence-corrected chi connectivity index (χ3v) is 5.74. The molecule has 2 rings (SSSR count). The van der Waals surface area contributed by atoms with E-state index in [4.69, 9.17) is 0 Å². The van der Waals surface area contributed by atoms with E-state index in [1.807, 2.05) is 37.3 Å². The first kappa shape index (κ1) is 13.4. The van der Waals surface area contributed by atoms with Crippen LogP contribution < -0.4 is 9.62 Å². The van der Waals surface area contributed by atoms with Crippen molar-refractivity contribution < 1.29 is 8.42 Å². The van der Waals surface area contributed by atoms with E-state index in [0.29, 0.717) is 19.4 Å². The van der Waals surface area contributed by atoms with Gasteiger partial charge in [-0.3, -0.25) is 4.31 Å². The van der Waals surface area contributed by atoms with Crippen molar-refractivity contribution in [1.82, 2.24) is 5.32 Å². The van der Waals surface area contributed by atoms with Crippen molar-refractivity contribution in [2.24, 2.45) is 0 Å². The monoisotopic (exact) mass is 268 g/mol. The minimum absolute atomic E-state index is 0.251. The van der Waals surface area contributed by atoms with Gasteiger partial charge in [0.15, 0.2) is 0 Å². The Bertz CT molecular complexity index is 467. The largest absolute Gasteiger partial charge is 0.317 e. The van der Waals surface area contributed by atoms with E-state index >= 15 is 0 Å². The third-order valence-electron chi connectivity index (χ3n) is 3.35. The van der Waals surface area contributed by atoms with Crippen LogP contribution in [0, 0.1) is 0 Å². The fourth-order valence-corrected chi connectivity index (χ4v) is 4.34. The maximum Gasteiger partial charge on any atom is 0.238 e. The molecule has 5 heteroatoms. The zero-order valence-corrected chi connectivity index (χ0v) is 11.5. The van der Waals surface area contributed by atoms with Crippen molar-refractivity contribution in [2.45, 2.75) is 25.0 Å². The quantitative estimate of drug-likeness (QED) is 0.902. The molecule has 100 valence electrons. The molecule has 0 spiro atoms. The van der Waals surface area contributed by atoms with Crippen LogP contribution in [-0.2, 0) is 10.0 Å². The van der Waals surface area contributed by atoms with Gasteiger partial charge in [-0.2, -0.15) is 0 Å². The molecule has 1 aromatic carbocycles. The smallest absolute Gasteiger partial charge is 0.238 e. The van der Waals surface area contributed by atoms with Crippen LogP contribution in [-0.4, -0.2) is 33.3 Å². The molecule has 1 fully saturated rings. The lowest BCUT2D eigenvalue weighted by Crippen LogP contribution is -2.44. The number of anilines is 1. The number of rotatable bonds is 4. The van der Waals surface area contributed by atoms with Crippen LogP contribution >= 0.6 is 0 Å². The molecule has 0 aromatic heterocycles. The van der Waals surface area contributed by atoms with E-state index in [0.717, 1.165) is 18.8 Å². The van der Waals surface area contributed by atoms with Crippen LogP contribution in [0.15, 0.2) is 30.3 Å². The fraction of sp³-hybridized carbons (Fsp3) is 0.538. The SMILES string of the molecule is CCN(c1ccccc1)S(=O)(=O)C1CCNCC1. The highest BCUT2D eigenvalue weighted by atomic mass is 32.2. The Balaban J connectivity index is 2.26. The van der Waals surface area contributed by atoms with Gasteiger partial charge in [0.1, 0.15) is 0 Å². The second-order valence-corrected chi connectivity index (χ2v) is 6.63. The lowest BCUT2D eigenvalue weighted by Gasteiger charge is -2.30. The van der Waals surface area contributed by atoms with Crippen molar-refractivity contribution in [3.05, 3.63) is 30.3 Å². The number of hydrogen-bond donors (Lipinski definition) is 1. The molecule has 18 heavy (non-hydrogen) atoms. The van der Waals surface area contributed by atoms with Gasteiger partial charge in [-0.15, -0.1) is 0 Å². The molecular weight excluding hydrogens is 248 g/mol. The summed E-state index contributed by atoms with van der Waals surface area (Å²) in [4.78, 5) is 0. The maximum atomic E-state index is 12.6. The zero-order chi connectivity index (χ0) is 13.0. The molecule has 1 heterocycles. The van der Waals surface area contributed by atoms with Gasteiger partial charge in [-0.05, 0) is 45.0 Å². The van der Waals surface area contributed by atoms with Gasteiger partial charge in [0.2, 0.25) is 10.0 Å². The summed E-state index contributed by atoms with van der Waals surface area (Å²) < 4.78 is 26.8. The molecule has 1 saturated heterocycles. The van der Waals surface area contributed by atoms with E-state index in [2.05, 4.69) is 5.32 Å². The predicted octanol–water partition coefficient (Wildman–Crippen LogP) is 1.59. The van der Waals surface area contributed by atoms with Gasteiger partial charge < -0.3 is 5.32 Å². The number of nitrogens with one attached hydrogen (secondary N) is 1. The second-order valence-electron chi connectivity index (χ2n) is 4.49. The fourth-order valence-electron chi connectivity index (χ4n) is 2.38. The van der Waals surface area contributed by atoms with E-state index in [-0.39, 0.29) is 5.25 Å². The van der Waals surface area contributed by atoms with Gasteiger partial charge in [0.05, 0.1) is 10.9 Å². The van der Waals surface area contributed by atoms with Crippen molar-refractivity contribution in [3.8, 4) is 0 Å². The summed E-state index contributed by atoms with van der Waals surface area (Å²) in [5, 5.41) is 2.95. The first-order valence-corrected chi connectivity index (χ1v) is 7.94. The number of piperidine rings is 1. The lowest BCUT2D eigenvalue weighted by atomic mass is 10.2. The van der Waals surface area contributed by atoms with Crippen molar-refractivity contribution >= 4 is 15.7 Å². The highest BCUT2D eigenvalue weighted by Gasteiger charge is 2.32. The Kier molecular flexibility index (Phi) is 4.24. The van der Waals surface area contributed by atoms with Crippen LogP contribution in [0.3, 0.4) is 0 Å².